The molecule has 0 aliphatic carbocycles. The molecule has 0 atom stereocenters. The number of ketones is 2. The van der Waals surface area contributed by atoms with Gasteiger partial charge in [0.15, 0.2) is 11.6 Å². The van der Waals surface area contributed by atoms with E-state index in [9.17, 15) is 24.5 Å². The second-order valence-corrected chi connectivity index (χ2v) is 7.24. The van der Waals surface area contributed by atoms with Crippen molar-refractivity contribution in [3.63, 3.8) is 0 Å². The van der Waals surface area contributed by atoms with Crippen molar-refractivity contribution < 1.29 is 28.8 Å². The lowest BCUT2D eigenvalue weighted by Crippen LogP contribution is -2.16. The van der Waals surface area contributed by atoms with Crippen molar-refractivity contribution in [2.75, 3.05) is 13.2 Å². The van der Waals surface area contributed by atoms with Gasteiger partial charge in [-0.15, -0.1) is 0 Å². The summed E-state index contributed by atoms with van der Waals surface area (Å²) in [5, 5.41) is 11.0. The number of nitro groups is 1. The normalized spacial score (nSPS) is 10.4. The van der Waals surface area contributed by atoms with E-state index in [2.05, 4.69) is 0 Å². The Morgan fingerprint density at radius 1 is 0.909 bits per heavy atom. The van der Waals surface area contributed by atoms with Crippen LogP contribution in [-0.2, 0) is 4.74 Å². The molecular weight excluding hydrogens is 450 g/mol. The molecule has 0 aliphatic rings. The molecule has 3 rings (SSSR count). The minimum atomic E-state index is -0.758. The summed E-state index contributed by atoms with van der Waals surface area (Å²) >= 11 is 5.81. The molecule has 0 heterocycles. The van der Waals surface area contributed by atoms with Gasteiger partial charge < -0.3 is 9.47 Å². The Balaban J connectivity index is 1.71. The zero-order valence-corrected chi connectivity index (χ0v) is 18.2. The average molecular weight is 468 g/mol. The van der Waals surface area contributed by atoms with E-state index in [1.54, 1.807) is 36.4 Å². The van der Waals surface area contributed by atoms with E-state index < -0.39 is 22.4 Å². The maximum atomic E-state index is 12.9. The molecule has 0 bridgehead atoms. The molecule has 0 saturated heterocycles. The van der Waals surface area contributed by atoms with Crippen LogP contribution in [0.25, 0.3) is 0 Å². The lowest BCUT2D eigenvalue weighted by atomic mass is 9.98. The van der Waals surface area contributed by atoms with Gasteiger partial charge in [0.1, 0.15) is 24.0 Å². The van der Waals surface area contributed by atoms with Crippen molar-refractivity contribution in [3.05, 3.63) is 104 Å². The molecule has 0 spiro atoms. The van der Waals surface area contributed by atoms with Crippen molar-refractivity contribution in [2.24, 2.45) is 0 Å². The van der Waals surface area contributed by atoms with Crippen molar-refractivity contribution >= 4 is 34.8 Å². The van der Waals surface area contributed by atoms with Crippen LogP contribution in [0.3, 0.4) is 0 Å². The molecule has 8 nitrogen and oxygen atoms in total. The maximum Gasteiger partial charge on any atom is 0.339 e. The Kier molecular flexibility index (Phi) is 7.53. The third-order valence-electron chi connectivity index (χ3n) is 4.64. The standard InChI is InChI=1S/C24H18ClNO7/c1-15(27)17-6-4-5-9-22(17)32-12-13-33-24(29)19-8-3-2-7-18(19)23(28)16-10-11-20(25)21(14-16)26(30)31/h2-11,14H,12-13H2,1H3. The lowest BCUT2D eigenvalue weighted by Gasteiger charge is -2.11. The molecule has 0 aliphatic heterocycles. The van der Waals surface area contributed by atoms with Gasteiger partial charge >= 0.3 is 5.97 Å². The molecule has 33 heavy (non-hydrogen) atoms. The van der Waals surface area contributed by atoms with Gasteiger partial charge in [0.05, 0.1) is 16.1 Å². The van der Waals surface area contributed by atoms with E-state index in [0.717, 1.165) is 6.07 Å². The van der Waals surface area contributed by atoms with E-state index in [4.69, 9.17) is 21.1 Å². The van der Waals surface area contributed by atoms with Gasteiger partial charge in [0, 0.05) is 17.2 Å². The first kappa shape index (κ1) is 23.6. The van der Waals surface area contributed by atoms with Crippen LogP contribution in [0.4, 0.5) is 5.69 Å². The molecule has 0 N–H and O–H groups in total. The first-order chi connectivity index (χ1) is 15.8. The Morgan fingerprint density at radius 3 is 2.21 bits per heavy atom. The second kappa shape index (κ2) is 10.5. The van der Waals surface area contributed by atoms with Crippen molar-refractivity contribution in [2.45, 2.75) is 6.92 Å². The predicted octanol–water partition coefficient (Wildman–Crippen LogP) is 4.92. The van der Waals surface area contributed by atoms with Gasteiger partial charge in [-0.05, 0) is 37.3 Å². The summed E-state index contributed by atoms with van der Waals surface area (Å²) in [6, 6.07) is 16.4. The summed E-state index contributed by atoms with van der Waals surface area (Å²) < 4.78 is 10.8. The summed E-state index contributed by atoms with van der Waals surface area (Å²) in [6.45, 7) is 1.29. The highest BCUT2D eigenvalue weighted by molar-refractivity contribution is 6.33. The van der Waals surface area contributed by atoms with E-state index in [-0.39, 0.29) is 40.7 Å². The fraction of sp³-hybridized carbons (Fsp3) is 0.125. The number of carbonyl (C=O) groups is 3. The summed E-state index contributed by atoms with van der Waals surface area (Å²) in [7, 11) is 0. The Hall–Kier alpha value is -4.04. The van der Waals surface area contributed by atoms with Crippen LogP contribution in [0.1, 0.15) is 43.6 Å². The summed E-state index contributed by atoms with van der Waals surface area (Å²) in [4.78, 5) is 47.6. The number of esters is 1. The third-order valence-corrected chi connectivity index (χ3v) is 4.96. The van der Waals surface area contributed by atoms with E-state index >= 15 is 0 Å². The number of nitro benzene ring substituents is 1. The Bertz CT molecular complexity index is 1240. The van der Waals surface area contributed by atoms with E-state index in [0.29, 0.717) is 11.3 Å². The molecule has 0 fully saturated rings. The maximum absolute atomic E-state index is 12.9. The quantitative estimate of drug-likeness (QED) is 0.144. The SMILES string of the molecule is CC(=O)c1ccccc1OCCOC(=O)c1ccccc1C(=O)c1ccc(Cl)c([N+](=O)[O-])c1. The number of carbonyl (C=O) groups excluding carboxylic acids is 3. The number of ether oxygens (including phenoxy) is 2. The molecule has 168 valence electrons. The molecule has 0 unspecified atom stereocenters. The summed E-state index contributed by atoms with van der Waals surface area (Å²) in [5.74, 6) is -1.13. The number of nitrogens with zero attached hydrogens (tertiary/aromatic N) is 1. The van der Waals surface area contributed by atoms with Gasteiger partial charge in [-0.25, -0.2) is 4.79 Å². The number of halogens is 1. The predicted molar refractivity (Wildman–Crippen MR) is 120 cm³/mol. The molecule has 3 aromatic carbocycles. The fourth-order valence-corrected chi connectivity index (χ4v) is 3.24. The van der Waals surface area contributed by atoms with Gasteiger partial charge in [0.25, 0.3) is 5.69 Å². The molecule has 3 aromatic rings. The lowest BCUT2D eigenvalue weighted by molar-refractivity contribution is -0.384. The Labute approximate surface area is 193 Å². The Morgan fingerprint density at radius 2 is 1.55 bits per heavy atom. The van der Waals surface area contributed by atoms with Gasteiger partial charge in [-0.3, -0.25) is 19.7 Å². The molecule has 0 amide bonds. The van der Waals surface area contributed by atoms with Gasteiger partial charge in [-0.1, -0.05) is 41.9 Å². The highest BCUT2D eigenvalue weighted by atomic mass is 35.5. The molecule has 0 saturated carbocycles. The molecular formula is C24H18ClNO7. The van der Waals surface area contributed by atoms with Crippen LogP contribution >= 0.6 is 11.6 Å². The molecule has 0 aromatic heterocycles. The highest BCUT2D eigenvalue weighted by Crippen LogP contribution is 2.27. The van der Waals surface area contributed by atoms with Crippen molar-refractivity contribution in [1.82, 2.24) is 0 Å². The molecule has 0 radical (unpaired) electrons. The average Bonchev–Trinajstić information content (AvgIpc) is 2.81. The summed E-state index contributed by atoms with van der Waals surface area (Å²) in [6.07, 6.45) is 0. The zero-order chi connectivity index (χ0) is 24.0. The van der Waals surface area contributed by atoms with Gasteiger partial charge in [-0.2, -0.15) is 0 Å². The topological polar surface area (TPSA) is 113 Å². The van der Waals surface area contributed by atoms with Crippen LogP contribution in [0.2, 0.25) is 5.02 Å². The monoisotopic (exact) mass is 467 g/mol. The third kappa shape index (κ3) is 5.61. The van der Waals surface area contributed by atoms with Crippen LogP contribution in [-0.4, -0.2) is 35.7 Å². The largest absolute Gasteiger partial charge is 0.489 e. The first-order valence-corrected chi connectivity index (χ1v) is 10.1. The van der Waals surface area contributed by atoms with Crippen LogP contribution in [0.5, 0.6) is 5.75 Å². The van der Waals surface area contributed by atoms with Crippen molar-refractivity contribution in [1.29, 1.82) is 0 Å². The fourth-order valence-electron chi connectivity index (χ4n) is 3.06. The van der Waals surface area contributed by atoms with E-state index in [1.165, 1.54) is 31.2 Å². The minimum absolute atomic E-state index is 0.00393. The van der Waals surface area contributed by atoms with Crippen LogP contribution in [0.15, 0.2) is 66.7 Å². The minimum Gasteiger partial charge on any atom is -0.489 e. The summed E-state index contributed by atoms with van der Waals surface area (Å²) in [5.41, 5.74) is 0.0455. The highest BCUT2D eigenvalue weighted by Gasteiger charge is 2.22. The van der Waals surface area contributed by atoms with E-state index in [1.807, 2.05) is 0 Å². The van der Waals surface area contributed by atoms with Crippen LogP contribution < -0.4 is 4.74 Å². The number of hydrogen-bond acceptors (Lipinski definition) is 7. The number of para-hydroxylation sites is 1. The zero-order valence-electron chi connectivity index (χ0n) is 17.4. The second-order valence-electron chi connectivity index (χ2n) is 6.83. The number of benzene rings is 3. The number of hydrogen-bond donors (Lipinski definition) is 0. The number of Topliss-reactive ketones (excluding diaryl/α,β-unsaturated/α-hetero) is 1. The first-order valence-electron chi connectivity index (χ1n) is 9.77. The van der Waals surface area contributed by atoms with Gasteiger partial charge in [0.2, 0.25) is 0 Å². The van der Waals surface area contributed by atoms with Crippen molar-refractivity contribution in [3.8, 4) is 5.75 Å². The van der Waals surface area contributed by atoms with Crippen LogP contribution in [0, 0.1) is 10.1 Å². The number of rotatable bonds is 9. The smallest absolute Gasteiger partial charge is 0.339 e. The molecule has 9 heteroatoms.